The van der Waals surface area contributed by atoms with Gasteiger partial charge in [-0.25, -0.2) is 0 Å². The number of nitrogen functional groups attached to an aromatic ring is 1. The maximum atomic E-state index is 11.6. The summed E-state index contributed by atoms with van der Waals surface area (Å²) in [5.41, 5.74) is 6.27. The quantitative estimate of drug-likeness (QED) is 0.793. The highest BCUT2D eigenvalue weighted by molar-refractivity contribution is 7.99. The molecule has 0 aromatic heterocycles. The number of nitrogens with one attached hydrogen (secondary N) is 1. The summed E-state index contributed by atoms with van der Waals surface area (Å²) in [5.74, 6) is 3.43. The van der Waals surface area contributed by atoms with E-state index >= 15 is 0 Å². The monoisotopic (exact) mass is 266 g/mol. The lowest BCUT2D eigenvalue weighted by Gasteiger charge is -2.11. The van der Waals surface area contributed by atoms with Crippen LogP contribution in [0, 0.1) is 5.92 Å². The molecule has 18 heavy (non-hydrogen) atoms. The molecule has 5 heteroatoms. The predicted octanol–water partition coefficient (Wildman–Crippen LogP) is 1.52. The maximum Gasteiger partial charge on any atom is 0.257 e. The number of hydrogen-bond acceptors (Lipinski definition) is 4. The fourth-order valence-corrected chi connectivity index (χ4v) is 3.09. The molecule has 1 unspecified atom stereocenters. The topological polar surface area (TPSA) is 64.3 Å². The molecule has 0 aliphatic carbocycles. The van der Waals surface area contributed by atoms with Gasteiger partial charge in [0.1, 0.15) is 5.75 Å². The third-order valence-corrected chi connectivity index (χ3v) is 4.12. The van der Waals surface area contributed by atoms with Crippen LogP contribution in [0.25, 0.3) is 0 Å². The van der Waals surface area contributed by atoms with E-state index in [0.29, 0.717) is 17.4 Å². The number of thioether (sulfide) groups is 1. The summed E-state index contributed by atoms with van der Waals surface area (Å²) >= 11 is 1.95. The van der Waals surface area contributed by atoms with Crippen molar-refractivity contribution in [2.45, 2.75) is 6.42 Å². The number of anilines is 1. The second kappa shape index (κ2) is 6.54. The molecule has 0 bridgehead atoms. The van der Waals surface area contributed by atoms with Gasteiger partial charge in [0.25, 0.3) is 5.91 Å². The first-order chi connectivity index (χ1) is 8.75. The Hall–Kier alpha value is -1.36. The largest absolute Gasteiger partial charge is 0.482 e. The smallest absolute Gasteiger partial charge is 0.257 e. The van der Waals surface area contributed by atoms with Gasteiger partial charge in [0.15, 0.2) is 6.61 Å². The van der Waals surface area contributed by atoms with Crippen molar-refractivity contribution in [3.8, 4) is 5.75 Å². The van der Waals surface area contributed by atoms with Crippen LogP contribution in [0.5, 0.6) is 5.75 Å². The molecular weight excluding hydrogens is 248 g/mol. The fraction of sp³-hybridized carbons (Fsp3) is 0.462. The lowest BCUT2D eigenvalue weighted by molar-refractivity contribution is -0.123. The Morgan fingerprint density at radius 1 is 1.50 bits per heavy atom. The Balaban J connectivity index is 1.69. The normalized spacial score (nSPS) is 18.6. The van der Waals surface area contributed by atoms with Gasteiger partial charge in [-0.05, 0) is 36.0 Å². The minimum Gasteiger partial charge on any atom is -0.482 e. The average Bonchev–Trinajstić information content (AvgIpc) is 2.88. The van der Waals surface area contributed by atoms with Gasteiger partial charge < -0.3 is 15.8 Å². The first-order valence-corrected chi connectivity index (χ1v) is 7.23. The van der Waals surface area contributed by atoms with Gasteiger partial charge in [0.05, 0.1) is 5.69 Å². The van der Waals surface area contributed by atoms with Gasteiger partial charge in [-0.3, -0.25) is 4.79 Å². The van der Waals surface area contributed by atoms with E-state index in [2.05, 4.69) is 5.32 Å². The molecule has 0 radical (unpaired) electrons. The average molecular weight is 266 g/mol. The van der Waals surface area contributed by atoms with Gasteiger partial charge >= 0.3 is 0 Å². The zero-order valence-electron chi connectivity index (χ0n) is 10.2. The van der Waals surface area contributed by atoms with E-state index in [1.807, 2.05) is 23.9 Å². The second-order valence-corrected chi connectivity index (χ2v) is 5.51. The predicted molar refractivity (Wildman–Crippen MR) is 74.8 cm³/mol. The molecule has 4 nitrogen and oxygen atoms in total. The lowest BCUT2D eigenvalue weighted by atomic mass is 10.1. The minimum atomic E-state index is -0.0878. The van der Waals surface area contributed by atoms with Crippen LogP contribution in [-0.2, 0) is 4.79 Å². The summed E-state index contributed by atoms with van der Waals surface area (Å²) in [4.78, 5) is 11.6. The standard InChI is InChI=1S/C13H18N2O2S/c14-11-3-1-2-4-12(11)17-8-13(16)15-7-10-5-6-18-9-10/h1-4,10H,5-9,14H2,(H,15,16). The van der Waals surface area contributed by atoms with Crippen molar-refractivity contribution in [2.75, 3.05) is 30.4 Å². The number of nitrogens with two attached hydrogens (primary N) is 1. The van der Waals surface area contributed by atoms with Crippen molar-refractivity contribution in [1.29, 1.82) is 0 Å². The lowest BCUT2D eigenvalue weighted by Crippen LogP contribution is -2.33. The summed E-state index contributed by atoms with van der Waals surface area (Å²) in [7, 11) is 0. The summed E-state index contributed by atoms with van der Waals surface area (Å²) in [6.45, 7) is 0.771. The highest BCUT2D eigenvalue weighted by atomic mass is 32.2. The molecular formula is C13H18N2O2S. The Morgan fingerprint density at radius 3 is 3.06 bits per heavy atom. The van der Waals surface area contributed by atoms with Gasteiger partial charge in [-0.1, -0.05) is 12.1 Å². The number of hydrogen-bond donors (Lipinski definition) is 2. The fourth-order valence-electron chi connectivity index (χ4n) is 1.81. The van der Waals surface area contributed by atoms with Gasteiger partial charge in [-0.15, -0.1) is 0 Å². The van der Waals surface area contributed by atoms with Crippen molar-refractivity contribution < 1.29 is 9.53 Å². The first kappa shape index (κ1) is 13.1. The van der Waals surface area contributed by atoms with E-state index in [1.54, 1.807) is 12.1 Å². The third kappa shape index (κ3) is 3.84. The molecule has 98 valence electrons. The first-order valence-electron chi connectivity index (χ1n) is 6.07. The zero-order chi connectivity index (χ0) is 12.8. The molecule has 1 atom stereocenters. The number of ether oxygens (including phenoxy) is 1. The minimum absolute atomic E-state index is 0.0219. The van der Waals surface area contributed by atoms with E-state index in [-0.39, 0.29) is 12.5 Å². The van der Waals surface area contributed by atoms with Gasteiger partial charge in [0.2, 0.25) is 0 Å². The molecule has 3 N–H and O–H groups in total. The van der Waals surface area contributed by atoms with Gasteiger partial charge in [-0.2, -0.15) is 11.8 Å². The molecule has 1 aliphatic rings. The molecule has 1 saturated heterocycles. The van der Waals surface area contributed by atoms with E-state index in [1.165, 1.54) is 12.2 Å². The highest BCUT2D eigenvalue weighted by Crippen LogP contribution is 2.22. The van der Waals surface area contributed by atoms with Crippen molar-refractivity contribution in [3.05, 3.63) is 24.3 Å². The third-order valence-electron chi connectivity index (χ3n) is 2.89. The number of carbonyl (C=O) groups excluding carboxylic acids is 1. The Morgan fingerprint density at radius 2 is 2.33 bits per heavy atom. The molecule has 1 aromatic carbocycles. The summed E-state index contributed by atoms with van der Waals surface area (Å²) in [6.07, 6.45) is 1.19. The number of para-hydroxylation sites is 2. The molecule has 0 saturated carbocycles. The SMILES string of the molecule is Nc1ccccc1OCC(=O)NCC1CCSC1. The molecule has 1 fully saturated rings. The summed E-state index contributed by atoms with van der Waals surface area (Å²) in [5, 5.41) is 2.90. The van der Waals surface area contributed by atoms with Crippen molar-refractivity contribution >= 4 is 23.4 Å². The van der Waals surface area contributed by atoms with E-state index < -0.39 is 0 Å². The molecule has 1 heterocycles. The van der Waals surface area contributed by atoms with E-state index in [9.17, 15) is 4.79 Å². The van der Waals surface area contributed by atoms with Gasteiger partial charge in [0, 0.05) is 6.54 Å². The number of rotatable bonds is 5. The number of benzene rings is 1. The van der Waals surface area contributed by atoms with Crippen molar-refractivity contribution in [1.82, 2.24) is 5.32 Å². The summed E-state index contributed by atoms with van der Waals surface area (Å²) in [6, 6.07) is 7.18. The molecule has 0 spiro atoms. The van der Waals surface area contributed by atoms with Crippen molar-refractivity contribution in [2.24, 2.45) is 5.92 Å². The van der Waals surface area contributed by atoms with Crippen molar-refractivity contribution in [3.63, 3.8) is 0 Å². The Kier molecular flexibility index (Phi) is 4.75. The maximum absolute atomic E-state index is 11.6. The van der Waals surface area contributed by atoms with Crippen LogP contribution >= 0.6 is 11.8 Å². The van der Waals surface area contributed by atoms with E-state index in [4.69, 9.17) is 10.5 Å². The van der Waals surface area contributed by atoms with Crippen LogP contribution in [0.1, 0.15) is 6.42 Å². The number of carbonyl (C=O) groups is 1. The van der Waals surface area contributed by atoms with Crippen LogP contribution < -0.4 is 15.8 Å². The summed E-state index contributed by atoms with van der Waals surface area (Å²) < 4.78 is 5.37. The van der Waals surface area contributed by atoms with Crippen LogP contribution in [0.15, 0.2) is 24.3 Å². The Bertz CT molecular complexity index is 406. The van der Waals surface area contributed by atoms with E-state index in [0.717, 1.165) is 12.3 Å². The molecule has 1 aliphatic heterocycles. The van der Waals surface area contributed by atoms with Crippen LogP contribution in [0.3, 0.4) is 0 Å². The molecule has 2 rings (SSSR count). The number of amides is 1. The Labute approximate surface area is 111 Å². The van der Waals surface area contributed by atoms with Crippen LogP contribution in [0.4, 0.5) is 5.69 Å². The molecule has 1 aromatic rings. The zero-order valence-corrected chi connectivity index (χ0v) is 11.0. The highest BCUT2D eigenvalue weighted by Gasteiger charge is 2.16. The van der Waals surface area contributed by atoms with Crippen LogP contribution in [0.2, 0.25) is 0 Å². The van der Waals surface area contributed by atoms with Crippen LogP contribution in [-0.4, -0.2) is 30.6 Å². The molecule has 1 amide bonds. The second-order valence-electron chi connectivity index (χ2n) is 4.36.